The fraction of sp³-hybridized carbons (Fsp3) is 0.167. The lowest BCUT2D eigenvalue weighted by Crippen LogP contribution is -2.33. The van der Waals surface area contributed by atoms with Gasteiger partial charge in [-0.25, -0.2) is 0 Å². The number of carbonyl (C=O) groups excluding carboxylic acids is 1. The Bertz CT molecular complexity index is 862. The van der Waals surface area contributed by atoms with Gasteiger partial charge in [0.2, 0.25) is 5.91 Å². The zero-order chi connectivity index (χ0) is 18.5. The molecule has 1 N–H and O–H groups in total. The molecule has 0 spiro atoms. The lowest BCUT2D eigenvalue weighted by molar-refractivity contribution is -0.772. The van der Waals surface area contributed by atoms with Crippen LogP contribution in [0.15, 0.2) is 64.1 Å². The lowest BCUT2D eigenvalue weighted by atomic mass is 10.3. The summed E-state index contributed by atoms with van der Waals surface area (Å²) in [6, 6.07) is 16.5. The van der Waals surface area contributed by atoms with Crippen molar-refractivity contribution in [3.8, 4) is 17.4 Å². The second kappa shape index (κ2) is 7.92. The quantitative estimate of drug-likeness (QED) is 0.529. The van der Waals surface area contributed by atoms with Crippen LogP contribution in [0.3, 0.4) is 0 Å². The zero-order valence-electron chi connectivity index (χ0n) is 14.2. The summed E-state index contributed by atoms with van der Waals surface area (Å²) in [4.78, 5) is 12.3. The minimum absolute atomic E-state index is 0.229. The number of para-hydroxylation sites is 1. The van der Waals surface area contributed by atoms with E-state index in [1.54, 1.807) is 38.2 Å². The molecule has 0 aliphatic rings. The predicted molar refractivity (Wildman–Crippen MR) is 94.0 cm³/mol. The average Bonchev–Trinajstić information content (AvgIpc) is 2.96. The Hall–Kier alpha value is -3.00. The van der Waals surface area contributed by atoms with Crippen LogP contribution in [0.25, 0.3) is 0 Å². The van der Waals surface area contributed by atoms with Crippen LogP contribution >= 0.6 is 11.8 Å². The first-order valence-electron chi connectivity index (χ1n) is 7.86. The molecule has 1 amide bonds. The van der Waals surface area contributed by atoms with E-state index < -0.39 is 11.2 Å². The molecule has 2 aromatic carbocycles. The molecule has 1 heterocycles. The van der Waals surface area contributed by atoms with E-state index >= 15 is 0 Å². The van der Waals surface area contributed by atoms with E-state index in [1.807, 2.05) is 30.3 Å². The number of carbonyl (C=O) groups is 1. The number of thioether (sulfide) groups is 1. The standard InChI is InChI=1S/C18H17N3O4S/c1-12(26-17-18(23)25-20-21(17)2)16(22)19-13-8-10-15(11-9-13)24-14-6-4-3-5-7-14/h3-12H,1-2H3,(H-,19,20,22,23). The first-order valence-corrected chi connectivity index (χ1v) is 8.74. The molecule has 0 aliphatic carbocycles. The maximum absolute atomic E-state index is 12.3. The SMILES string of the molecule is CC(Sc1c([O-])on[n+]1C)C(=O)Nc1ccc(Oc2ccccc2)cc1. The number of benzene rings is 2. The second-order valence-corrected chi connectivity index (χ2v) is 6.81. The molecule has 7 nitrogen and oxygen atoms in total. The Balaban J connectivity index is 1.59. The summed E-state index contributed by atoms with van der Waals surface area (Å²) in [7, 11) is 1.59. The number of anilines is 1. The van der Waals surface area contributed by atoms with E-state index in [1.165, 1.54) is 4.68 Å². The largest absolute Gasteiger partial charge is 0.538 e. The highest BCUT2D eigenvalue weighted by atomic mass is 32.2. The number of aryl methyl sites for hydroxylation is 1. The van der Waals surface area contributed by atoms with Crippen molar-refractivity contribution in [2.24, 2.45) is 7.05 Å². The number of rotatable bonds is 6. The van der Waals surface area contributed by atoms with Crippen LogP contribution in [-0.4, -0.2) is 16.4 Å². The van der Waals surface area contributed by atoms with Gasteiger partial charge in [-0.1, -0.05) is 22.9 Å². The van der Waals surface area contributed by atoms with Gasteiger partial charge in [-0.2, -0.15) is 0 Å². The molecule has 0 saturated carbocycles. The molecule has 0 radical (unpaired) electrons. The summed E-state index contributed by atoms with van der Waals surface area (Å²) in [5.41, 5.74) is 0.639. The third-order valence-corrected chi connectivity index (χ3v) is 4.69. The zero-order valence-corrected chi connectivity index (χ0v) is 15.0. The van der Waals surface area contributed by atoms with Crippen LogP contribution in [0.1, 0.15) is 6.92 Å². The molecule has 0 bridgehead atoms. The van der Waals surface area contributed by atoms with Crippen LogP contribution in [0.5, 0.6) is 17.4 Å². The Labute approximate surface area is 154 Å². The van der Waals surface area contributed by atoms with Gasteiger partial charge in [0.25, 0.3) is 5.03 Å². The molecular formula is C18H17N3O4S. The highest BCUT2D eigenvalue weighted by Gasteiger charge is 2.22. The number of nitrogens with one attached hydrogen (secondary N) is 1. The van der Waals surface area contributed by atoms with E-state index in [2.05, 4.69) is 15.1 Å². The third-order valence-electron chi connectivity index (χ3n) is 3.47. The van der Waals surface area contributed by atoms with Gasteiger partial charge in [-0.05, 0) is 55.1 Å². The predicted octanol–water partition coefficient (Wildman–Crippen LogP) is 2.48. The van der Waals surface area contributed by atoms with Crippen LogP contribution in [0.2, 0.25) is 0 Å². The smallest absolute Gasteiger partial charge is 0.291 e. The Morgan fingerprint density at radius 2 is 1.85 bits per heavy atom. The van der Waals surface area contributed by atoms with E-state index in [9.17, 15) is 9.90 Å². The van der Waals surface area contributed by atoms with Gasteiger partial charge in [0.1, 0.15) is 11.5 Å². The molecule has 0 saturated heterocycles. The summed E-state index contributed by atoms with van der Waals surface area (Å²) >= 11 is 1.09. The van der Waals surface area contributed by atoms with Crippen molar-refractivity contribution in [2.45, 2.75) is 17.2 Å². The van der Waals surface area contributed by atoms with E-state index in [0.29, 0.717) is 11.4 Å². The monoisotopic (exact) mass is 371 g/mol. The second-order valence-electron chi connectivity index (χ2n) is 5.48. The van der Waals surface area contributed by atoms with Gasteiger partial charge < -0.3 is 19.7 Å². The highest BCUT2D eigenvalue weighted by Crippen LogP contribution is 2.27. The van der Waals surface area contributed by atoms with Crippen molar-refractivity contribution in [3.05, 3.63) is 54.6 Å². The molecule has 8 heteroatoms. The number of aromatic nitrogens is 2. The minimum Gasteiger partial charge on any atom is -0.538 e. The average molecular weight is 371 g/mol. The van der Waals surface area contributed by atoms with Gasteiger partial charge in [0, 0.05) is 5.69 Å². The molecule has 0 aliphatic heterocycles. The Morgan fingerprint density at radius 3 is 2.46 bits per heavy atom. The maximum Gasteiger partial charge on any atom is 0.291 e. The molecule has 0 fully saturated rings. The van der Waals surface area contributed by atoms with Gasteiger partial charge in [0.15, 0.2) is 13.0 Å². The number of hydrogen-bond acceptors (Lipinski definition) is 6. The normalized spacial score (nSPS) is 11.8. The molecule has 3 aromatic rings. The van der Waals surface area contributed by atoms with E-state index in [4.69, 9.17) is 4.74 Å². The fourth-order valence-corrected chi connectivity index (χ4v) is 2.95. The summed E-state index contributed by atoms with van der Waals surface area (Å²) in [5.74, 6) is 0.625. The van der Waals surface area contributed by atoms with E-state index in [0.717, 1.165) is 17.5 Å². The maximum atomic E-state index is 12.3. The Kier molecular flexibility index (Phi) is 5.43. The van der Waals surface area contributed by atoms with Crippen LogP contribution in [-0.2, 0) is 11.8 Å². The molecular weight excluding hydrogens is 354 g/mol. The number of hydrogen-bond donors (Lipinski definition) is 1. The summed E-state index contributed by atoms with van der Waals surface area (Å²) in [6.07, 6.45) is 0. The van der Waals surface area contributed by atoms with Crippen LogP contribution in [0, 0.1) is 0 Å². The van der Waals surface area contributed by atoms with Gasteiger partial charge >= 0.3 is 0 Å². The fourth-order valence-electron chi connectivity index (χ4n) is 2.13. The van der Waals surface area contributed by atoms with Crippen molar-refractivity contribution in [2.75, 3.05) is 5.32 Å². The topological polar surface area (TPSA) is 91.3 Å². The van der Waals surface area contributed by atoms with Crippen molar-refractivity contribution >= 4 is 23.4 Å². The Morgan fingerprint density at radius 1 is 1.19 bits per heavy atom. The summed E-state index contributed by atoms with van der Waals surface area (Å²) in [6.45, 7) is 1.71. The van der Waals surface area contributed by atoms with Gasteiger partial charge in [0.05, 0.1) is 10.5 Å². The van der Waals surface area contributed by atoms with Crippen molar-refractivity contribution in [1.82, 2.24) is 5.27 Å². The van der Waals surface area contributed by atoms with Crippen molar-refractivity contribution in [3.63, 3.8) is 0 Å². The molecule has 1 aromatic heterocycles. The number of ether oxygens (including phenoxy) is 1. The molecule has 1 unspecified atom stereocenters. The lowest BCUT2D eigenvalue weighted by Gasteiger charge is -2.11. The van der Waals surface area contributed by atoms with Crippen molar-refractivity contribution < 1.29 is 23.8 Å². The first kappa shape index (κ1) is 17.8. The van der Waals surface area contributed by atoms with Crippen molar-refractivity contribution in [1.29, 1.82) is 0 Å². The minimum atomic E-state index is -0.556. The van der Waals surface area contributed by atoms with Crippen LogP contribution < -0.4 is 19.8 Å². The van der Waals surface area contributed by atoms with Gasteiger partial charge in [-0.15, -0.1) is 0 Å². The summed E-state index contributed by atoms with van der Waals surface area (Å²) in [5, 5.41) is 17.6. The highest BCUT2D eigenvalue weighted by molar-refractivity contribution is 8.00. The number of amides is 1. The molecule has 1 atom stereocenters. The molecule has 26 heavy (non-hydrogen) atoms. The van der Waals surface area contributed by atoms with Crippen LogP contribution in [0.4, 0.5) is 5.69 Å². The molecule has 3 rings (SSSR count). The molecule has 134 valence electrons. The first-order chi connectivity index (χ1) is 12.5. The third kappa shape index (κ3) is 4.34. The summed E-state index contributed by atoms with van der Waals surface area (Å²) < 4.78 is 11.6. The number of nitrogens with zero attached hydrogens (tertiary/aromatic N) is 2. The van der Waals surface area contributed by atoms with E-state index in [-0.39, 0.29) is 10.9 Å². The van der Waals surface area contributed by atoms with Gasteiger partial charge in [-0.3, -0.25) is 4.79 Å².